The molecule has 20 heavy (non-hydrogen) atoms. The second-order valence-corrected chi connectivity index (χ2v) is 6.39. The van der Waals surface area contributed by atoms with E-state index < -0.39 is 0 Å². The molecule has 1 aliphatic carbocycles. The second-order valence-electron chi connectivity index (χ2n) is 5.41. The van der Waals surface area contributed by atoms with Gasteiger partial charge in [0.05, 0.1) is 7.11 Å². The fourth-order valence-electron chi connectivity index (χ4n) is 3.00. The molecule has 0 amide bonds. The van der Waals surface area contributed by atoms with Gasteiger partial charge in [0.15, 0.2) is 0 Å². The molecule has 0 saturated heterocycles. The summed E-state index contributed by atoms with van der Waals surface area (Å²) in [5, 5.41) is 5.93. The molecule has 1 aliphatic rings. The van der Waals surface area contributed by atoms with Crippen LogP contribution >= 0.6 is 11.3 Å². The molecule has 1 heterocycles. The Labute approximate surface area is 124 Å². The van der Waals surface area contributed by atoms with Gasteiger partial charge >= 0.3 is 0 Å². The smallest absolute Gasteiger partial charge is 0.119 e. The van der Waals surface area contributed by atoms with Crippen LogP contribution in [0.1, 0.15) is 47.9 Å². The van der Waals surface area contributed by atoms with Crippen molar-refractivity contribution in [3.8, 4) is 5.75 Å². The molecule has 2 aromatic rings. The number of hydrogen-bond acceptors (Lipinski definition) is 3. The number of thiophene rings is 1. The van der Waals surface area contributed by atoms with Crippen LogP contribution in [0.3, 0.4) is 0 Å². The van der Waals surface area contributed by atoms with Gasteiger partial charge in [-0.3, -0.25) is 0 Å². The second kappa shape index (κ2) is 5.98. The molecular weight excluding hydrogens is 266 g/mol. The summed E-state index contributed by atoms with van der Waals surface area (Å²) in [6, 6.07) is 11.7. The highest BCUT2D eigenvalue weighted by atomic mass is 32.1. The van der Waals surface area contributed by atoms with Crippen LogP contribution in [-0.4, -0.2) is 7.11 Å². The number of methoxy groups -OCH3 is 1. The van der Waals surface area contributed by atoms with E-state index in [2.05, 4.69) is 48.0 Å². The van der Waals surface area contributed by atoms with Crippen LogP contribution in [0.2, 0.25) is 0 Å². The van der Waals surface area contributed by atoms with Crippen LogP contribution in [-0.2, 0) is 6.42 Å². The standard InChI is InChI=1S/C17H21NOS/c1-12(17-7-4-10-20-17)18-16-6-3-5-13-8-9-14(19-2)11-15(13)16/h4,7-12,16,18H,3,5-6H2,1-2H3. The van der Waals surface area contributed by atoms with E-state index in [9.17, 15) is 0 Å². The number of hydrogen-bond donors (Lipinski definition) is 1. The molecule has 0 radical (unpaired) electrons. The lowest BCUT2D eigenvalue weighted by Crippen LogP contribution is -2.27. The van der Waals surface area contributed by atoms with Crippen LogP contribution < -0.4 is 10.1 Å². The Kier molecular flexibility index (Phi) is 4.08. The van der Waals surface area contributed by atoms with Gasteiger partial charge < -0.3 is 10.1 Å². The summed E-state index contributed by atoms with van der Waals surface area (Å²) in [7, 11) is 1.74. The summed E-state index contributed by atoms with van der Waals surface area (Å²) in [6.45, 7) is 2.25. The van der Waals surface area contributed by atoms with E-state index in [-0.39, 0.29) is 0 Å². The molecule has 2 nitrogen and oxygen atoms in total. The molecule has 1 aromatic carbocycles. The first kappa shape index (κ1) is 13.7. The largest absolute Gasteiger partial charge is 0.497 e. The van der Waals surface area contributed by atoms with Crippen LogP contribution in [0, 0.1) is 0 Å². The minimum Gasteiger partial charge on any atom is -0.497 e. The zero-order valence-electron chi connectivity index (χ0n) is 12.1. The summed E-state index contributed by atoms with van der Waals surface area (Å²) in [6.07, 6.45) is 3.65. The van der Waals surface area contributed by atoms with E-state index in [4.69, 9.17) is 4.74 Å². The third-order valence-electron chi connectivity index (χ3n) is 4.09. The molecule has 0 aliphatic heterocycles. The van der Waals surface area contributed by atoms with E-state index >= 15 is 0 Å². The van der Waals surface area contributed by atoms with E-state index in [1.54, 1.807) is 7.11 Å². The lowest BCUT2D eigenvalue weighted by atomic mass is 9.87. The fraction of sp³-hybridized carbons (Fsp3) is 0.412. The molecule has 1 aromatic heterocycles. The van der Waals surface area contributed by atoms with Crippen molar-refractivity contribution in [1.29, 1.82) is 0 Å². The highest BCUT2D eigenvalue weighted by molar-refractivity contribution is 7.10. The Balaban J connectivity index is 1.82. The Hall–Kier alpha value is -1.32. The first-order valence-corrected chi connectivity index (χ1v) is 8.12. The molecule has 3 rings (SSSR count). The predicted octanol–water partition coefficient (Wildman–Crippen LogP) is 4.48. The van der Waals surface area contributed by atoms with Crippen LogP contribution in [0.4, 0.5) is 0 Å². The minimum absolute atomic E-state index is 0.400. The van der Waals surface area contributed by atoms with Gasteiger partial charge in [0.2, 0.25) is 0 Å². The maximum absolute atomic E-state index is 5.38. The van der Waals surface area contributed by atoms with Crippen molar-refractivity contribution in [2.24, 2.45) is 0 Å². The van der Waals surface area contributed by atoms with E-state index in [1.807, 2.05) is 11.3 Å². The number of benzene rings is 1. The molecule has 1 N–H and O–H groups in total. The van der Waals surface area contributed by atoms with Crippen molar-refractivity contribution in [2.45, 2.75) is 38.3 Å². The van der Waals surface area contributed by atoms with Crippen molar-refractivity contribution in [2.75, 3.05) is 7.11 Å². The zero-order chi connectivity index (χ0) is 13.9. The zero-order valence-corrected chi connectivity index (χ0v) is 12.9. The lowest BCUT2D eigenvalue weighted by Gasteiger charge is -2.29. The monoisotopic (exact) mass is 287 g/mol. The molecule has 2 unspecified atom stereocenters. The SMILES string of the molecule is COc1ccc2c(c1)C(NC(C)c1cccs1)CCC2. The van der Waals surface area contributed by atoms with Crippen molar-refractivity contribution in [3.05, 3.63) is 51.7 Å². The van der Waals surface area contributed by atoms with Crippen molar-refractivity contribution >= 4 is 11.3 Å². The van der Waals surface area contributed by atoms with E-state index in [0.717, 1.165) is 5.75 Å². The topological polar surface area (TPSA) is 21.3 Å². The summed E-state index contributed by atoms with van der Waals surface area (Å²) < 4.78 is 5.38. The van der Waals surface area contributed by atoms with Gasteiger partial charge in [-0.15, -0.1) is 11.3 Å². The van der Waals surface area contributed by atoms with Gasteiger partial charge in [-0.2, -0.15) is 0 Å². The molecular formula is C17H21NOS. The van der Waals surface area contributed by atoms with Gasteiger partial charge in [-0.05, 0) is 60.9 Å². The van der Waals surface area contributed by atoms with Crippen LogP contribution in [0.5, 0.6) is 5.75 Å². The van der Waals surface area contributed by atoms with Crippen LogP contribution in [0.15, 0.2) is 35.7 Å². The Morgan fingerprint density at radius 1 is 1.35 bits per heavy atom. The summed E-state index contributed by atoms with van der Waals surface area (Å²) in [5.74, 6) is 0.959. The first-order valence-electron chi connectivity index (χ1n) is 7.24. The highest BCUT2D eigenvalue weighted by Gasteiger charge is 2.22. The van der Waals surface area contributed by atoms with Gasteiger partial charge in [0.1, 0.15) is 5.75 Å². The highest BCUT2D eigenvalue weighted by Crippen LogP contribution is 2.34. The molecule has 3 heteroatoms. The Morgan fingerprint density at radius 2 is 2.25 bits per heavy atom. The number of fused-ring (bicyclic) bond motifs is 1. The Morgan fingerprint density at radius 3 is 3.00 bits per heavy atom. The summed E-state index contributed by atoms with van der Waals surface area (Å²) in [4.78, 5) is 1.40. The van der Waals surface area contributed by atoms with Crippen molar-refractivity contribution in [3.63, 3.8) is 0 Å². The number of aryl methyl sites for hydroxylation is 1. The third-order valence-corrected chi connectivity index (χ3v) is 5.14. The van der Waals surface area contributed by atoms with Gasteiger partial charge in [0.25, 0.3) is 0 Å². The molecule has 0 saturated carbocycles. The average molecular weight is 287 g/mol. The quantitative estimate of drug-likeness (QED) is 0.895. The fourth-order valence-corrected chi connectivity index (χ4v) is 3.74. The predicted molar refractivity (Wildman–Crippen MR) is 84.5 cm³/mol. The van der Waals surface area contributed by atoms with Crippen LogP contribution in [0.25, 0.3) is 0 Å². The Bertz CT molecular complexity index is 564. The molecule has 0 spiro atoms. The van der Waals surface area contributed by atoms with Gasteiger partial charge in [-0.1, -0.05) is 12.1 Å². The average Bonchev–Trinajstić information content (AvgIpc) is 3.01. The summed E-state index contributed by atoms with van der Waals surface area (Å²) >= 11 is 1.82. The lowest BCUT2D eigenvalue weighted by molar-refractivity contribution is 0.400. The number of ether oxygens (including phenoxy) is 1. The molecule has 2 atom stereocenters. The molecule has 0 fully saturated rings. The van der Waals surface area contributed by atoms with Gasteiger partial charge in [-0.25, -0.2) is 0 Å². The third kappa shape index (κ3) is 2.74. The van der Waals surface area contributed by atoms with Crippen molar-refractivity contribution in [1.82, 2.24) is 5.32 Å². The first-order chi connectivity index (χ1) is 9.78. The maximum atomic E-state index is 5.38. The minimum atomic E-state index is 0.400. The molecule has 106 valence electrons. The normalized spacial score (nSPS) is 19.4. The van der Waals surface area contributed by atoms with Crippen molar-refractivity contribution < 1.29 is 4.74 Å². The van der Waals surface area contributed by atoms with E-state index in [1.165, 1.54) is 35.3 Å². The maximum Gasteiger partial charge on any atom is 0.119 e. The van der Waals surface area contributed by atoms with Gasteiger partial charge in [0, 0.05) is 17.0 Å². The number of rotatable bonds is 4. The number of nitrogens with one attached hydrogen (secondary N) is 1. The molecule has 0 bridgehead atoms. The summed E-state index contributed by atoms with van der Waals surface area (Å²) in [5.41, 5.74) is 2.88. The van der Waals surface area contributed by atoms with E-state index in [0.29, 0.717) is 12.1 Å².